The van der Waals surface area contributed by atoms with Crippen LogP contribution >= 0.6 is 0 Å². The summed E-state index contributed by atoms with van der Waals surface area (Å²) in [6.07, 6.45) is 21.3. The van der Waals surface area contributed by atoms with Gasteiger partial charge in [0.15, 0.2) is 11.5 Å². The van der Waals surface area contributed by atoms with Crippen molar-refractivity contribution in [1.82, 2.24) is 15.0 Å². The van der Waals surface area contributed by atoms with E-state index in [0.29, 0.717) is 22.7 Å². The summed E-state index contributed by atoms with van der Waals surface area (Å²) < 4.78 is 0. The molecule has 3 aromatic heterocycles. The first kappa shape index (κ1) is 51.2. The second-order valence-electron chi connectivity index (χ2n) is 26.8. The molecule has 3 saturated carbocycles. The van der Waals surface area contributed by atoms with Crippen LogP contribution in [0.3, 0.4) is 0 Å². The highest BCUT2D eigenvalue weighted by Crippen LogP contribution is 2.63. The number of aromatic hydroxyl groups is 5. The number of hydrogen-bond acceptors (Lipinski definition) is 8. The van der Waals surface area contributed by atoms with Crippen molar-refractivity contribution in [3.05, 3.63) is 129 Å². The fraction of sp³-hybridized carbons (Fsp3) is 0.507. The Morgan fingerprint density at radius 1 is 0.427 bits per heavy atom. The number of nitrogens with zero attached hydrogens (tertiary/aromatic N) is 3. The number of phenolic OH excluding ortho intramolecular Hbond substituents is 5. The molecule has 6 aromatic rings. The van der Waals surface area contributed by atoms with Gasteiger partial charge in [-0.15, -0.1) is 0 Å². The summed E-state index contributed by atoms with van der Waals surface area (Å²) in [5.74, 6) is -1.48. The molecule has 5 N–H and O–H groups in total. The highest BCUT2D eigenvalue weighted by atomic mass is 16.4. The van der Waals surface area contributed by atoms with Crippen molar-refractivity contribution >= 4 is 0 Å². The molecule has 8 aliphatic carbocycles. The molecule has 3 heterocycles. The van der Waals surface area contributed by atoms with E-state index in [9.17, 15) is 25.5 Å². The number of aromatic nitrogens is 3. The molecular weight excluding hydrogens is 927 g/mol. The molecular formula is C67H81N3O5. The molecule has 3 fully saturated rings. The van der Waals surface area contributed by atoms with Crippen molar-refractivity contribution in [2.24, 2.45) is 0 Å². The lowest BCUT2D eigenvalue weighted by molar-refractivity contribution is 0.330. The van der Waals surface area contributed by atoms with Crippen molar-refractivity contribution in [1.29, 1.82) is 0 Å². The fourth-order valence-electron chi connectivity index (χ4n) is 16.9. The van der Waals surface area contributed by atoms with Gasteiger partial charge < -0.3 is 25.5 Å². The molecule has 3 aromatic carbocycles. The normalized spacial score (nSPS) is 26.9. The van der Waals surface area contributed by atoms with E-state index in [1.165, 1.54) is 96.7 Å². The fourth-order valence-corrected chi connectivity index (χ4v) is 16.9. The van der Waals surface area contributed by atoms with Gasteiger partial charge in [-0.2, -0.15) is 0 Å². The van der Waals surface area contributed by atoms with Gasteiger partial charge in [-0.1, -0.05) is 107 Å². The first-order valence-corrected chi connectivity index (χ1v) is 28.4. The molecule has 6 unspecified atom stereocenters. The first-order chi connectivity index (χ1) is 35.4. The minimum absolute atomic E-state index is 0.182. The lowest BCUT2D eigenvalue weighted by Gasteiger charge is -2.29. The Hall–Kier alpha value is -5.89. The summed E-state index contributed by atoms with van der Waals surface area (Å²) in [5, 5.41) is 48.7. The van der Waals surface area contributed by atoms with Gasteiger partial charge in [-0.3, -0.25) is 15.0 Å². The maximum Gasteiger partial charge on any atom is 0.208 e. The monoisotopic (exact) mass is 1010 g/mol. The third-order valence-electron chi connectivity index (χ3n) is 20.2. The lowest BCUT2D eigenvalue weighted by atomic mass is 9.75. The largest absolute Gasteiger partial charge is 0.504 e. The summed E-state index contributed by atoms with van der Waals surface area (Å²) in [5.41, 5.74) is 21.4. The number of pyridine rings is 3. The molecule has 0 amide bonds. The molecule has 6 bridgehead atoms. The standard InChI is InChI=1S/C26H33N.C23H27N.C16H15NO5.C2H6/c1-7-26-11-10-25(6,16-26)20-12-17(8-9-18(20)26)22-13-19-21(14-27-22)24(4,5)15-23(19,2)3;1-22(2)13-23(3,4)20-12-24-21(11-19(20)22)16-7-8-17-14-5-6-15(9-14)18(17)10-16;18-12-11(13(19)15(21)16(22)14(12)20)10-4-8-6-1-2-7(3-6)9(8)5-17-10;1-2/h8-9,12-14H,7,10-11,15-16H2,1-6H3;7-8,10-12,14-15H,5-6,9,13H2,1-4H3;4-7,18-22H,1-3H2;1-2H3. The smallest absolute Gasteiger partial charge is 0.208 e. The van der Waals surface area contributed by atoms with E-state index in [0.717, 1.165) is 48.0 Å². The average molecular weight is 1010 g/mol. The van der Waals surface area contributed by atoms with Crippen LogP contribution in [0.15, 0.2) is 73.2 Å². The van der Waals surface area contributed by atoms with Crippen molar-refractivity contribution in [3.63, 3.8) is 0 Å². The molecule has 8 heteroatoms. The highest BCUT2D eigenvalue weighted by molar-refractivity contribution is 5.84. The van der Waals surface area contributed by atoms with Crippen LogP contribution in [0.4, 0.5) is 0 Å². The van der Waals surface area contributed by atoms with Crippen LogP contribution in [0.1, 0.15) is 239 Å². The lowest BCUT2D eigenvalue weighted by Crippen LogP contribution is -2.20. The second kappa shape index (κ2) is 17.6. The Morgan fingerprint density at radius 2 is 0.880 bits per heavy atom. The van der Waals surface area contributed by atoms with Crippen molar-refractivity contribution < 1.29 is 25.5 Å². The third-order valence-corrected chi connectivity index (χ3v) is 20.2. The van der Waals surface area contributed by atoms with E-state index in [4.69, 9.17) is 9.97 Å². The molecule has 0 aliphatic heterocycles. The highest BCUT2D eigenvalue weighted by Gasteiger charge is 2.54. The summed E-state index contributed by atoms with van der Waals surface area (Å²) in [6.45, 7) is 27.8. The van der Waals surface area contributed by atoms with E-state index in [1.807, 2.05) is 13.8 Å². The van der Waals surface area contributed by atoms with Crippen molar-refractivity contribution in [3.8, 4) is 62.5 Å². The van der Waals surface area contributed by atoms with Gasteiger partial charge >= 0.3 is 0 Å². The van der Waals surface area contributed by atoms with Crippen molar-refractivity contribution in [2.75, 3.05) is 0 Å². The van der Waals surface area contributed by atoms with Crippen LogP contribution in [0.2, 0.25) is 0 Å². The van der Waals surface area contributed by atoms with Crippen LogP contribution in [0, 0.1) is 0 Å². The Morgan fingerprint density at radius 3 is 1.43 bits per heavy atom. The topological polar surface area (TPSA) is 140 Å². The van der Waals surface area contributed by atoms with E-state index in [-0.39, 0.29) is 32.9 Å². The Balaban J connectivity index is 0.000000119. The van der Waals surface area contributed by atoms with Crippen molar-refractivity contribution in [2.45, 2.75) is 216 Å². The summed E-state index contributed by atoms with van der Waals surface area (Å²) >= 11 is 0. The first-order valence-electron chi connectivity index (χ1n) is 28.4. The van der Waals surface area contributed by atoms with Gasteiger partial charge in [0.25, 0.3) is 0 Å². The van der Waals surface area contributed by atoms with Crippen LogP contribution < -0.4 is 0 Å². The zero-order chi connectivity index (χ0) is 53.5. The van der Waals surface area contributed by atoms with Gasteiger partial charge in [0.2, 0.25) is 17.2 Å². The maximum atomic E-state index is 10.00. The zero-order valence-corrected chi connectivity index (χ0v) is 46.8. The molecule has 8 aliphatic rings. The van der Waals surface area contributed by atoms with Crippen LogP contribution in [-0.4, -0.2) is 40.5 Å². The predicted molar refractivity (Wildman–Crippen MR) is 302 cm³/mol. The molecule has 0 spiro atoms. The zero-order valence-electron chi connectivity index (χ0n) is 46.8. The van der Waals surface area contributed by atoms with Crippen LogP contribution in [-0.2, 0) is 32.5 Å². The molecule has 14 rings (SSSR count). The maximum absolute atomic E-state index is 10.00. The van der Waals surface area contributed by atoms with Gasteiger partial charge in [0.1, 0.15) is 0 Å². The summed E-state index contributed by atoms with van der Waals surface area (Å²) in [7, 11) is 0. The SMILES string of the molecule is CC.CC1(C)CC(C)(C)c2cc(-c3ccc4c(c3)C3CCC4C3)ncc21.CCC12CCC(C)(C1)c1cc(-c3cc4c(cn3)C(C)(C)CC4(C)C)ccc12.Oc1c(O)c(O)c(-c2cc3c(cn2)C2CCC3C2)c(O)c1O. The number of benzene rings is 3. The Kier molecular flexibility index (Phi) is 12.0. The van der Waals surface area contributed by atoms with Gasteiger partial charge in [-0.05, 0) is 219 Å². The predicted octanol–water partition coefficient (Wildman–Crippen LogP) is 16.6. The second-order valence-corrected chi connectivity index (χ2v) is 26.8. The van der Waals surface area contributed by atoms with E-state index >= 15 is 0 Å². The Bertz CT molecular complexity index is 3260. The molecule has 394 valence electrons. The minimum Gasteiger partial charge on any atom is -0.504 e. The quantitative estimate of drug-likeness (QED) is 0.0869. The molecule has 0 saturated heterocycles. The van der Waals surface area contributed by atoms with E-state index < -0.39 is 28.7 Å². The molecule has 8 nitrogen and oxygen atoms in total. The minimum atomic E-state index is -0.959. The number of phenols is 5. The number of rotatable bonds is 4. The summed E-state index contributed by atoms with van der Waals surface area (Å²) in [4.78, 5) is 14.0. The van der Waals surface area contributed by atoms with Gasteiger partial charge in [0.05, 0.1) is 22.6 Å². The van der Waals surface area contributed by atoms with E-state index in [2.05, 4.69) is 135 Å². The average Bonchev–Trinajstić information content (AvgIpc) is 4.32. The van der Waals surface area contributed by atoms with Crippen LogP contribution in [0.5, 0.6) is 28.7 Å². The summed E-state index contributed by atoms with van der Waals surface area (Å²) in [6, 6.07) is 20.9. The number of hydrogen-bond donors (Lipinski definition) is 5. The Labute approximate surface area is 446 Å². The van der Waals surface area contributed by atoms with Crippen LogP contribution in [0.25, 0.3) is 33.8 Å². The number of fused-ring (bicyclic) bond motifs is 17. The molecule has 0 radical (unpaired) electrons. The molecule has 6 atom stereocenters. The molecule has 75 heavy (non-hydrogen) atoms. The van der Waals surface area contributed by atoms with Gasteiger partial charge in [0, 0.05) is 29.7 Å². The third kappa shape index (κ3) is 7.98. The van der Waals surface area contributed by atoms with Gasteiger partial charge in [-0.25, -0.2) is 0 Å². The van der Waals surface area contributed by atoms with E-state index in [1.54, 1.807) is 34.5 Å².